The third-order valence-electron chi connectivity index (χ3n) is 3.53. The van der Waals surface area contributed by atoms with E-state index in [0.29, 0.717) is 5.92 Å². The average Bonchev–Trinajstić information content (AvgIpc) is 2.39. The van der Waals surface area contributed by atoms with Gasteiger partial charge in [-0.2, -0.15) is 0 Å². The Kier molecular flexibility index (Phi) is 5.63. The summed E-state index contributed by atoms with van der Waals surface area (Å²) >= 11 is 0. The van der Waals surface area contributed by atoms with Crippen molar-refractivity contribution in [2.75, 3.05) is 19.6 Å². The van der Waals surface area contributed by atoms with E-state index in [1.165, 1.54) is 5.56 Å². The number of aryl methyl sites for hydroxylation is 1. The number of benzene rings is 1. The fourth-order valence-corrected chi connectivity index (χ4v) is 2.25. The standard InChI is InChI=1S/C14H20N2O.ClH/c1-11-2-4-13(5-3-11)14(17)16-8-6-12(10-15)7-9-16;/h2-5,12H,6-10,15H2,1H3;1H. The molecule has 0 aliphatic carbocycles. The van der Waals surface area contributed by atoms with Crippen LogP contribution in [0.1, 0.15) is 28.8 Å². The summed E-state index contributed by atoms with van der Waals surface area (Å²) in [6.07, 6.45) is 2.07. The second-order valence-corrected chi connectivity index (χ2v) is 4.84. The molecule has 0 saturated carbocycles. The molecule has 2 N–H and O–H groups in total. The molecule has 1 aliphatic rings. The van der Waals surface area contributed by atoms with Crippen molar-refractivity contribution in [1.29, 1.82) is 0 Å². The van der Waals surface area contributed by atoms with E-state index in [9.17, 15) is 4.79 Å². The van der Waals surface area contributed by atoms with Crippen LogP contribution in [0.2, 0.25) is 0 Å². The van der Waals surface area contributed by atoms with Crippen molar-refractivity contribution in [2.45, 2.75) is 19.8 Å². The summed E-state index contributed by atoms with van der Waals surface area (Å²) in [6.45, 7) is 4.46. The Morgan fingerprint density at radius 3 is 2.33 bits per heavy atom. The van der Waals surface area contributed by atoms with E-state index in [1.807, 2.05) is 36.1 Å². The van der Waals surface area contributed by atoms with Gasteiger partial charge in [0, 0.05) is 18.7 Å². The van der Waals surface area contributed by atoms with E-state index in [4.69, 9.17) is 5.73 Å². The monoisotopic (exact) mass is 268 g/mol. The highest BCUT2D eigenvalue weighted by Gasteiger charge is 2.22. The summed E-state index contributed by atoms with van der Waals surface area (Å²) in [5.74, 6) is 0.748. The Hall–Kier alpha value is -1.06. The quantitative estimate of drug-likeness (QED) is 0.894. The molecule has 1 aromatic rings. The molecule has 3 nitrogen and oxygen atoms in total. The third-order valence-corrected chi connectivity index (χ3v) is 3.53. The molecule has 4 heteroatoms. The number of carbonyl (C=O) groups excluding carboxylic acids is 1. The van der Waals surface area contributed by atoms with Crippen molar-refractivity contribution in [2.24, 2.45) is 11.7 Å². The molecule has 0 spiro atoms. The van der Waals surface area contributed by atoms with Crippen molar-refractivity contribution in [3.05, 3.63) is 35.4 Å². The Morgan fingerprint density at radius 1 is 1.28 bits per heavy atom. The molecule has 0 atom stereocenters. The van der Waals surface area contributed by atoms with Crippen LogP contribution in [-0.2, 0) is 0 Å². The molecule has 0 bridgehead atoms. The summed E-state index contributed by atoms with van der Waals surface area (Å²) in [7, 11) is 0. The van der Waals surface area contributed by atoms with E-state index in [-0.39, 0.29) is 18.3 Å². The number of carbonyl (C=O) groups is 1. The lowest BCUT2D eigenvalue weighted by molar-refractivity contribution is 0.0693. The topological polar surface area (TPSA) is 46.3 Å². The first-order chi connectivity index (χ1) is 8.20. The van der Waals surface area contributed by atoms with Crippen molar-refractivity contribution in [3.63, 3.8) is 0 Å². The van der Waals surface area contributed by atoms with Crippen molar-refractivity contribution in [3.8, 4) is 0 Å². The van der Waals surface area contributed by atoms with Crippen molar-refractivity contribution >= 4 is 18.3 Å². The summed E-state index contributed by atoms with van der Waals surface area (Å²) in [6, 6.07) is 7.79. The molecule has 18 heavy (non-hydrogen) atoms. The molecule has 100 valence electrons. The van der Waals surface area contributed by atoms with Crippen LogP contribution in [0.3, 0.4) is 0 Å². The van der Waals surface area contributed by atoms with Crippen LogP contribution in [0.5, 0.6) is 0 Å². The summed E-state index contributed by atoms with van der Waals surface area (Å²) in [5.41, 5.74) is 7.63. The van der Waals surface area contributed by atoms with Crippen LogP contribution in [0, 0.1) is 12.8 Å². The van der Waals surface area contributed by atoms with Crippen LogP contribution in [0.4, 0.5) is 0 Å². The SMILES string of the molecule is Cc1ccc(C(=O)N2CCC(CN)CC2)cc1.Cl. The lowest BCUT2D eigenvalue weighted by atomic mass is 9.96. The van der Waals surface area contributed by atoms with Crippen molar-refractivity contribution < 1.29 is 4.79 Å². The molecule has 2 rings (SSSR count). The molecule has 1 aliphatic heterocycles. The molecule has 1 heterocycles. The fraction of sp³-hybridized carbons (Fsp3) is 0.500. The maximum atomic E-state index is 12.2. The van der Waals surface area contributed by atoms with Gasteiger partial charge in [0.1, 0.15) is 0 Å². The molecule has 1 amide bonds. The molecular formula is C14H21ClN2O. The predicted molar refractivity (Wildman–Crippen MR) is 76.1 cm³/mol. The third kappa shape index (κ3) is 3.47. The minimum Gasteiger partial charge on any atom is -0.339 e. The van der Waals surface area contributed by atoms with E-state index in [2.05, 4.69) is 0 Å². The lowest BCUT2D eigenvalue weighted by Crippen LogP contribution is -2.40. The Bertz CT molecular complexity index is 383. The van der Waals surface area contributed by atoms with Crippen LogP contribution >= 0.6 is 12.4 Å². The van der Waals surface area contributed by atoms with Gasteiger partial charge in [0.2, 0.25) is 0 Å². The zero-order valence-electron chi connectivity index (χ0n) is 10.8. The van der Waals surface area contributed by atoms with Gasteiger partial charge in [0.15, 0.2) is 0 Å². The summed E-state index contributed by atoms with van der Waals surface area (Å²) in [5, 5.41) is 0. The van der Waals surface area contributed by atoms with E-state index >= 15 is 0 Å². The minimum atomic E-state index is 0. The number of amides is 1. The van der Waals surface area contributed by atoms with E-state index in [1.54, 1.807) is 0 Å². The highest BCUT2D eigenvalue weighted by molar-refractivity contribution is 5.94. The van der Waals surface area contributed by atoms with Crippen LogP contribution < -0.4 is 5.73 Å². The number of rotatable bonds is 2. The van der Waals surface area contributed by atoms with Gasteiger partial charge in [-0.3, -0.25) is 4.79 Å². The zero-order valence-corrected chi connectivity index (χ0v) is 11.6. The summed E-state index contributed by atoms with van der Waals surface area (Å²) in [4.78, 5) is 14.1. The molecular weight excluding hydrogens is 248 g/mol. The van der Waals surface area contributed by atoms with Gasteiger partial charge >= 0.3 is 0 Å². The van der Waals surface area contributed by atoms with Gasteiger partial charge in [0.05, 0.1) is 0 Å². The normalized spacial score (nSPS) is 16.2. The smallest absolute Gasteiger partial charge is 0.253 e. The molecule has 1 aromatic carbocycles. The van der Waals surface area contributed by atoms with Gasteiger partial charge < -0.3 is 10.6 Å². The fourth-order valence-electron chi connectivity index (χ4n) is 2.25. The minimum absolute atomic E-state index is 0. The molecule has 0 aromatic heterocycles. The number of hydrogen-bond acceptors (Lipinski definition) is 2. The lowest BCUT2D eigenvalue weighted by Gasteiger charge is -2.31. The first kappa shape index (κ1) is 15.0. The van der Waals surface area contributed by atoms with Gasteiger partial charge in [-0.1, -0.05) is 17.7 Å². The largest absolute Gasteiger partial charge is 0.339 e. The first-order valence-electron chi connectivity index (χ1n) is 6.26. The highest BCUT2D eigenvalue weighted by atomic mass is 35.5. The second-order valence-electron chi connectivity index (χ2n) is 4.84. The molecule has 0 radical (unpaired) electrons. The number of hydrogen-bond donors (Lipinski definition) is 1. The number of halogens is 1. The average molecular weight is 269 g/mol. The zero-order chi connectivity index (χ0) is 12.3. The van der Waals surface area contributed by atoms with Gasteiger partial charge in [-0.05, 0) is 44.4 Å². The summed E-state index contributed by atoms with van der Waals surface area (Å²) < 4.78 is 0. The maximum Gasteiger partial charge on any atom is 0.253 e. The van der Waals surface area contributed by atoms with Gasteiger partial charge in [-0.25, -0.2) is 0 Å². The van der Waals surface area contributed by atoms with E-state index < -0.39 is 0 Å². The Balaban J connectivity index is 0.00000162. The Labute approximate surface area is 115 Å². The predicted octanol–water partition coefficient (Wildman–Crippen LogP) is 2.23. The molecule has 1 saturated heterocycles. The molecule has 0 unspecified atom stereocenters. The number of piperidine rings is 1. The number of nitrogens with zero attached hydrogens (tertiary/aromatic N) is 1. The number of nitrogens with two attached hydrogens (primary N) is 1. The maximum absolute atomic E-state index is 12.2. The Morgan fingerprint density at radius 2 is 1.83 bits per heavy atom. The molecule has 1 fully saturated rings. The van der Waals surface area contributed by atoms with Crippen LogP contribution in [0.15, 0.2) is 24.3 Å². The highest BCUT2D eigenvalue weighted by Crippen LogP contribution is 2.18. The van der Waals surface area contributed by atoms with Crippen LogP contribution in [0.25, 0.3) is 0 Å². The van der Waals surface area contributed by atoms with Crippen molar-refractivity contribution in [1.82, 2.24) is 4.90 Å². The van der Waals surface area contributed by atoms with E-state index in [0.717, 1.165) is 38.0 Å². The van der Waals surface area contributed by atoms with Gasteiger partial charge in [-0.15, -0.1) is 12.4 Å². The van der Waals surface area contributed by atoms with Gasteiger partial charge in [0.25, 0.3) is 5.91 Å². The first-order valence-corrected chi connectivity index (χ1v) is 6.26. The second kappa shape index (κ2) is 6.76. The number of likely N-dealkylation sites (tertiary alicyclic amines) is 1. The van der Waals surface area contributed by atoms with Crippen LogP contribution in [-0.4, -0.2) is 30.4 Å².